The number of aryl methyl sites for hydroxylation is 2. The standard InChI is InChI=1S/C14H19ClN2/c1-3-4-11-9-17(6-5-16)14-8-13(15)10(2)7-12(11)14/h7-9H,3-6,16H2,1-2H3. The van der Waals surface area contributed by atoms with E-state index >= 15 is 0 Å². The van der Waals surface area contributed by atoms with Gasteiger partial charge in [-0.25, -0.2) is 0 Å². The van der Waals surface area contributed by atoms with E-state index in [4.69, 9.17) is 17.3 Å². The topological polar surface area (TPSA) is 30.9 Å². The molecule has 1 heterocycles. The van der Waals surface area contributed by atoms with Gasteiger partial charge in [0, 0.05) is 35.2 Å². The quantitative estimate of drug-likeness (QED) is 0.885. The monoisotopic (exact) mass is 250 g/mol. The van der Waals surface area contributed by atoms with E-state index in [0.29, 0.717) is 6.54 Å². The summed E-state index contributed by atoms with van der Waals surface area (Å²) in [7, 11) is 0. The van der Waals surface area contributed by atoms with Gasteiger partial charge in [-0.3, -0.25) is 0 Å². The number of fused-ring (bicyclic) bond motifs is 1. The first-order chi connectivity index (χ1) is 8.17. The smallest absolute Gasteiger partial charge is 0.0498 e. The van der Waals surface area contributed by atoms with E-state index in [-0.39, 0.29) is 0 Å². The van der Waals surface area contributed by atoms with E-state index in [1.54, 1.807) is 0 Å². The molecule has 0 amide bonds. The van der Waals surface area contributed by atoms with Gasteiger partial charge in [0.15, 0.2) is 0 Å². The maximum atomic E-state index is 6.20. The summed E-state index contributed by atoms with van der Waals surface area (Å²) in [4.78, 5) is 0. The molecule has 2 aromatic rings. The zero-order chi connectivity index (χ0) is 12.4. The molecule has 0 radical (unpaired) electrons. The molecular formula is C14H19ClN2. The van der Waals surface area contributed by atoms with Gasteiger partial charge in [0.2, 0.25) is 0 Å². The van der Waals surface area contributed by atoms with Crippen LogP contribution in [0, 0.1) is 6.92 Å². The van der Waals surface area contributed by atoms with Crippen molar-refractivity contribution in [2.24, 2.45) is 5.73 Å². The Hall–Kier alpha value is -0.990. The van der Waals surface area contributed by atoms with Crippen molar-refractivity contribution in [3.8, 4) is 0 Å². The maximum absolute atomic E-state index is 6.20. The van der Waals surface area contributed by atoms with Crippen molar-refractivity contribution >= 4 is 22.5 Å². The van der Waals surface area contributed by atoms with Crippen molar-refractivity contribution in [2.45, 2.75) is 33.2 Å². The highest BCUT2D eigenvalue weighted by Gasteiger charge is 2.09. The van der Waals surface area contributed by atoms with E-state index in [1.807, 2.05) is 0 Å². The lowest BCUT2D eigenvalue weighted by molar-refractivity contribution is 0.730. The van der Waals surface area contributed by atoms with E-state index in [1.165, 1.54) is 16.5 Å². The van der Waals surface area contributed by atoms with Crippen LogP contribution in [-0.4, -0.2) is 11.1 Å². The lowest BCUT2D eigenvalue weighted by Gasteiger charge is -2.04. The Labute approximate surface area is 107 Å². The number of halogens is 1. The van der Waals surface area contributed by atoms with Gasteiger partial charge in [0.25, 0.3) is 0 Å². The third-order valence-corrected chi connectivity index (χ3v) is 3.54. The number of benzene rings is 1. The molecule has 17 heavy (non-hydrogen) atoms. The van der Waals surface area contributed by atoms with Crippen LogP contribution in [0.5, 0.6) is 0 Å². The van der Waals surface area contributed by atoms with Gasteiger partial charge in [-0.2, -0.15) is 0 Å². The van der Waals surface area contributed by atoms with Crippen LogP contribution in [-0.2, 0) is 13.0 Å². The second-order valence-corrected chi connectivity index (χ2v) is 4.91. The number of hydrogen-bond acceptors (Lipinski definition) is 1. The van der Waals surface area contributed by atoms with Crippen LogP contribution in [0.1, 0.15) is 24.5 Å². The summed E-state index contributed by atoms with van der Waals surface area (Å²) in [5, 5.41) is 2.15. The van der Waals surface area contributed by atoms with Crippen molar-refractivity contribution in [1.82, 2.24) is 4.57 Å². The van der Waals surface area contributed by atoms with Gasteiger partial charge in [-0.05, 0) is 36.6 Å². The molecule has 2 rings (SSSR count). The second-order valence-electron chi connectivity index (χ2n) is 4.50. The van der Waals surface area contributed by atoms with Gasteiger partial charge in [-0.1, -0.05) is 24.9 Å². The molecule has 0 aliphatic carbocycles. The van der Waals surface area contributed by atoms with Crippen LogP contribution in [0.15, 0.2) is 18.3 Å². The maximum Gasteiger partial charge on any atom is 0.0498 e. The highest BCUT2D eigenvalue weighted by molar-refractivity contribution is 6.32. The van der Waals surface area contributed by atoms with Crippen LogP contribution >= 0.6 is 11.6 Å². The molecule has 0 fully saturated rings. The Balaban J connectivity index is 2.63. The van der Waals surface area contributed by atoms with Gasteiger partial charge in [0.05, 0.1) is 0 Å². The minimum absolute atomic E-state index is 0.654. The summed E-state index contributed by atoms with van der Waals surface area (Å²) in [6, 6.07) is 4.25. The first kappa shape index (κ1) is 12.5. The van der Waals surface area contributed by atoms with Gasteiger partial charge in [-0.15, -0.1) is 0 Å². The molecule has 0 spiro atoms. The highest BCUT2D eigenvalue weighted by atomic mass is 35.5. The molecule has 3 heteroatoms. The molecule has 1 aromatic carbocycles. The number of rotatable bonds is 4. The van der Waals surface area contributed by atoms with Crippen LogP contribution in [0.2, 0.25) is 5.02 Å². The fraction of sp³-hybridized carbons (Fsp3) is 0.429. The van der Waals surface area contributed by atoms with E-state index in [9.17, 15) is 0 Å². The van der Waals surface area contributed by atoms with Crippen LogP contribution in [0.4, 0.5) is 0 Å². The number of hydrogen-bond donors (Lipinski definition) is 1. The predicted molar refractivity (Wildman–Crippen MR) is 74.7 cm³/mol. The molecule has 0 bridgehead atoms. The zero-order valence-corrected chi connectivity index (χ0v) is 11.2. The molecular weight excluding hydrogens is 232 g/mol. The lowest BCUT2D eigenvalue weighted by atomic mass is 10.1. The molecule has 1 aromatic heterocycles. The molecule has 92 valence electrons. The van der Waals surface area contributed by atoms with Gasteiger partial charge >= 0.3 is 0 Å². The second kappa shape index (κ2) is 5.11. The van der Waals surface area contributed by atoms with Crippen LogP contribution in [0.25, 0.3) is 10.9 Å². The minimum Gasteiger partial charge on any atom is -0.346 e. The fourth-order valence-electron chi connectivity index (χ4n) is 2.29. The van der Waals surface area contributed by atoms with Crippen LogP contribution < -0.4 is 5.73 Å². The summed E-state index contributed by atoms with van der Waals surface area (Å²) >= 11 is 6.20. The van der Waals surface area contributed by atoms with Gasteiger partial charge < -0.3 is 10.3 Å². The average molecular weight is 251 g/mol. The molecule has 0 saturated carbocycles. The molecule has 0 atom stereocenters. The average Bonchev–Trinajstić information content (AvgIpc) is 2.60. The lowest BCUT2D eigenvalue weighted by Crippen LogP contribution is -2.08. The fourth-order valence-corrected chi connectivity index (χ4v) is 2.44. The highest BCUT2D eigenvalue weighted by Crippen LogP contribution is 2.28. The minimum atomic E-state index is 0.654. The Morgan fingerprint density at radius 2 is 2.12 bits per heavy atom. The summed E-state index contributed by atoms with van der Waals surface area (Å²) in [5.41, 5.74) is 9.39. The summed E-state index contributed by atoms with van der Waals surface area (Å²) in [5.74, 6) is 0. The number of nitrogens with zero attached hydrogens (tertiary/aromatic N) is 1. The summed E-state index contributed by atoms with van der Waals surface area (Å²) < 4.78 is 2.21. The van der Waals surface area contributed by atoms with Crippen molar-refractivity contribution < 1.29 is 0 Å². The normalized spacial score (nSPS) is 11.3. The van der Waals surface area contributed by atoms with Crippen molar-refractivity contribution in [3.63, 3.8) is 0 Å². The largest absolute Gasteiger partial charge is 0.346 e. The molecule has 0 aliphatic heterocycles. The van der Waals surface area contributed by atoms with E-state index in [2.05, 4.69) is 36.7 Å². The van der Waals surface area contributed by atoms with Crippen molar-refractivity contribution in [3.05, 3.63) is 34.5 Å². The Bertz CT molecular complexity index is 482. The molecule has 2 nitrogen and oxygen atoms in total. The van der Waals surface area contributed by atoms with Crippen molar-refractivity contribution in [1.29, 1.82) is 0 Å². The van der Waals surface area contributed by atoms with E-state index in [0.717, 1.165) is 30.0 Å². The molecule has 0 saturated heterocycles. The Kier molecular flexibility index (Phi) is 3.75. The number of aromatic nitrogens is 1. The summed E-state index contributed by atoms with van der Waals surface area (Å²) in [6.07, 6.45) is 4.48. The Morgan fingerprint density at radius 1 is 1.35 bits per heavy atom. The third kappa shape index (κ3) is 2.33. The van der Waals surface area contributed by atoms with E-state index < -0.39 is 0 Å². The molecule has 0 unspecified atom stereocenters. The third-order valence-electron chi connectivity index (χ3n) is 3.13. The molecule has 2 N–H and O–H groups in total. The first-order valence-electron chi connectivity index (χ1n) is 6.15. The SMILES string of the molecule is CCCc1cn(CCN)c2cc(Cl)c(C)cc12. The molecule has 0 aliphatic rings. The summed E-state index contributed by atoms with van der Waals surface area (Å²) in [6.45, 7) is 5.76. The predicted octanol–water partition coefficient (Wildman–Crippen LogP) is 3.51. The van der Waals surface area contributed by atoms with Crippen LogP contribution in [0.3, 0.4) is 0 Å². The Morgan fingerprint density at radius 3 is 2.76 bits per heavy atom. The van der Waals surface area contributed by atoms with Gasteiger partial charge in [0.1, 0.15) is 0 Å². The van der Waals surface area contributed by atoms with Crippen molar-refractivity contribution in [2.75, 3.05) is 6.54 Å². The first-order valence-corrected chi connectivity index (χ1v) is 6.53. The zero-order valence-electron chi connectivity index (χ0n) is 10.5. The number of nitrogens with two attached hydrogens (primary N) is 1.